The Balaban J connectivity index is 1.84. The summed E-state index contributed by atoms with van der Waals surface area (Å²) in [6, 6.07) is 9.01. The van der Waals surface area contributed by atoms with Crippen LogP contribution in [0.15, 0.2) is 59.9 Å². The van der Waals surface area contributed by atoms with E-state index in [1.165, 1.54) is 48.9 Å². The molecule has 0 fully saturated rings. The van der Waals surface area contributed by atoms with Crippen molar-refractivity contribution >= 4 is 49.1 Å². The maximum absolute atomic E-state index is 13.5. The van der Waals surface area contributed by atoms with E-state index in [4.69, 9.17) is 11.6 Å². The monoisotopic (exact) mass is 470 g/mol. The fourth-order valence-electron chi connectivity index (χ4n) is 2.89. The van der Waals surface area contributed by atoms with Crippen LogP contribution < -0.4 is 4.72 Å². The number of benzene rings is 2. The number of alkyl halides is 3. The average Bonchev–Trinajstić information content (AvgIpc) is 3.19. The molecule has 0 unspecified atom stereocenters. The topological polar surface area (TPSA) is 84.8 Å². The zero-order chi connectivity index (χ0) is 21.5. The summed E-state index contributed by atoms with van der Waals surface area (Å²) in [5.74, 6) is 0. The number of hydrogen-bond donors (Lipinski definition) is 1. The normalized spacial score (nSPS) is 12.3. The van der Waals surface area contributed by atoms with Gasteiger partial charge in [-0.15, -0.1) is 0 Å². The van der Waals surface area contributed by atoms with Gasteiger partial charge in [0.1, 0.15) is 6.33 Å². The smallest absolute Gasteiger partial charge is 0.256 e. The number of anilines is 1. The summed E-state index contributed by atoms with van der Waals surface area (Å²) in [4.78, 5) is 7.81. The number of hydrogen-bond acceptors (Lipinski definition) is 6. The molecule has 0 spiro atoms. The number of fused-ring (bicyclic) bond motifs is 1. The summed E-state index contributed by atoms with van der Waals surface area (Å²) in [6.45, 7) is 0. The number of sulfonamides is 1. The van der Waals surface area contributed by atoms with Crippen LogP contribution in [-0.4, -0.2) is 22.8 Å². The summed E-state index contributed by atoms with van der Waals surface area (Å²) in [7, 11) is -3.95. The highest BCUT2D eigenvalue weighted by Gasteiger charge is 2.34. The van der Waals surface area contributed by atoms with E-state index in [0.717, 1.165) is 17.6 Å². The van der Waals surface area contributed by atoms with E-state index in [1.807, 2.05) is 0 Å². The SMILES string of the molecule is O=S(=O)(Nc1ncns1)c1ccc2c(-c3ccc(Cl)cc3C(F)(F)F)nccc2c1. The van der Waals surface area contributed by atoms with Gasteiger partial charge in [-0.1, -0.05) is 23.7 Å². The van der Waals surface area contributed by atoms with E-state index in [1.54, 1.807) is 0 Å². The van der Waals surface area contributed by atoms with Crippen molar-refractivity contribution in [2.75, 3.05) is 4.72 Å². The Labute approximate surface area is 177 Å². The van der Waals surface area contributed by atoms with Crippen molar-refractivity contribution in [2.24, 2.45) is 0 Å². The molecule has 154 valence electrons. The maximum atomic E-state index is 13.5. The van der Waals surface area contributed by atoms with Crippen LogP contribution in [0.2, 0.25) is 5.02 Å². The standard InChI is InChI=1S/C18H10ClF3N4O2S2/c19-11-1-3-14(15(8-11)18(20,21)22)16-13-4-2-12(7-10(13)5-6-23-16)30(27,28)26-17-24-9-25-29-17/h1-9H,(H,24,25,26). The fourth-order valence-corrected chi connectivity index (χ4v) is 4.76. The van der Waals surface area contributed by atoms with Crippen LogP contribution in [-0.2, 0) is 16.2 Å². The molecule has 2 aromatic carbocycles. The minimum Gasteiger partial charge on any atom is -0.256 e. The molecule has 2 aromatic heterocycles. The number of aromatic nitrogens is 3. The molecule has 0 saturated heterocycles. The predicted molar refractivity (Wildman–Crippen MR) is 108 cm³/mol. The molecular formula is C18H10ClF3N4O2S2. The second-order valence-corrected chi connectivity index (χ2v) is 8.98. The van der Waals surface area contributed by atoms with Gasteiger partial charge in [0, 0.05) is 33.7 Å². The number of nitrogens with zero attached hydrogens (tertiary/aromatic N) is 3. The van der Waals surface area contributed by atoms with Crippen molar-refractivity contribution in [2.45, 2.75) is 11.1 Å². The molecule has 0 aliphatic carbocycles. The van der Waals surface area contributed by atoms with Crippen LogP contribution in [0.25, 0.3) is 22.0 Å². The van der Waals surface area contributed by atoms with Crippen molar-refractivity contribution in [1.29, 1.82) is 0 Å². The molecule has 0 saturated carbocycles. The van der Waals surface area contributed by atoms with Crippen LogP contribution in [0, 0.1) is 0 Å². The molecule has 0 radical (unpaired) electrons. The first kappa shape index (κ1) is 20.5. The number of rotatable bonds is 4. The molecule has 0 aliphatic heterocycles. The predicted octanol–water partition coefficient (Wildman–Crippen LogP) is 5.23. The summed E-state index contributed by atoms with van der Waals surface area (Å²) in [5, 5.41) is 0.812. The van der Waals surface area contributed by atoms with Gasteiger partial charge in [-0.3, -0.25) is 9.71 Å². The molecular weight excluding hydrogens is 461 g/mol. The Morgan fingerprint density at radius 3 is 2.53 bits per heavy atom. The molecule has 0 aliphatic rings. The first-order chi connectivity index (χ1) is 14.1. The highest BCUT2D eigenvalue weighted by Crippen LogP contribution is 2.40. The summed E-state index contributed by atoms with van der Waals surface area (Å²) >= 11 is 6.63. The van der Waals surface area contributed by atoms with E-state index < -0.39 is 21.8 Å². The van der Waals surface area contributed by atoms with Crippen molar-refractivity contribution in [3.63, 3.8) is 0 Å². The zero-order valence-electron chi connectivity index (χ0n) is 14.7. The van der Waals surface area contributed by atoms with Crippen LogP contribution in [0.3, 0.4) is 0 Å². The number of halogens is 4. The zero-order valence-corrected chi connectivity index (χ0v) is 17.1. The van der Waals surface area contributed by atoms with Gasteiger partial charge in [-0.2, -0.15) is 17.5 Å². The molecule has 0 amide bonds. The Hall–Kier alpha value is -2.76. The second kappa shape index (κ2) is 7.49. The van der Waals surface area contributed by atoms with Crippen molar-refractivity contribution in [1.82, 2.24) is 14.3 Å². The third kappa shape index (κ3) is 3.95. The van der Waals surface area contributed by atoms with Gasteiger partial charge in [0.05, 0.1) is 16.2 Å². The molecule has 4 rings (SSSR count). The van der Waals surface area contributed by atoms with Crippen molar-refractivity contribution in [3.8, 4) is 11.3 Å². The molecule has 0 bridgehead atoms. The lowest BCUT2D eigenvalue weighted by molar-refractivity contribution is -0.137. The van der Waals surface area contributed by atoms with Crippen molar-refractivity contribution < 1.29 is 21.6 Å². The number of nitrogens with one attached hydrogen (secondary N) is 1. The van der Waals surface area contributed by atoms with E-state index in [-0.39, 0.29) is 26.3 Å². The van der Waals surface area contributed by atoms with Crippen LogP contribution in [0.5, 0.6) is 0 Å². The lowest BCUT2D eigenvalue weighted by Crippen LogP contribution is -2.12. The lowest BCUT2D eigenvalue weighted by Gasteiger charge is -2.15. The largest absolute Gasteiger partial charge is 0.417 e. The average molecular weight is 471 g/mol. The Bertz CT molecular complexity index is 1340. The Kier molecular flexibility index (Phi) is 5.12. The first-order valence-electron chi connectivity index (χ1n) is 8.20. The molecule has 2 heterocycles. The van der Waals surface area contributed by atoms with Gasteiger partial charge in [0.2, 0.25) is 5.13 Å². The summed E-state index contributed by atoms with van der Waals surface area (Å²) in [5.41, 5.74) is -1.01. The Morgan fingerprint density at radius 1 is 1.03 bits per heavy atom. The van der Waals surface area contributed by atoms with Gasteiger partial charge in [-0.05, 0) is 35.7 Å². The Morgan fingerprint density at radius 2 is 1.83 bits per heavy atom. The quantitative estimate of drug-likeness (QED) is 0.441. The van der Waals surface area contributed by atoms with Crippen molar-refractivity contribution in [3.05, 3.63) is 65.6 Å². The maximum Gasteiger partial charge on any atom is 0.417 e. The minimum absolute atomic E-state index is 0.0533. The van der Waals surface area contributed by atoms with Crippen LogP contribution in [0.4, 0.5) is 18.3 Å². The van der Waals surface area contributed by atoms with Gasteiger partial charge in [0.25, 0.3) is 10.0 Å². The van der Waals surface area contributed by atoms with Gasteiger partial charge < -0.3 is 0 Å². The first-order valence-corrected chi connectivity index (χ1v) is 10.8. The molecule has 1 N–H and O–H groups in total. The fraction of sp³-hybridized carbons (Fsp3) is 0.0556. The molecule has 4 aromatic rings. The minimum atomic E-state index is -4.64. The lowest BCUT2D eigenvalue weighted by atomic mass is 9.99. The second-order valence-electron chi connectivity index (χ2n) is 6.08. The molecule has 6 nitrogen and oxygen atoms in total. The highest BCUT2D eigenvalue weighted by molar-refractivity contribution is 7.93. The summed E-state index contributed by atoms with van der Waals surface area (Å²) in [6.07, 6.45) is -2.11. The van der Waals surface area contributed by atoms with E-state index in [0.29, 0.717) is 10.8 Å². The third-order valence-corrected chi connectivity index (χ3v) is 6.45. The summed E-state index contributed by atoms with van der Waals surface area (Å²) < 4.78 is 71.8. The van der Waals surface area contributed by atoms with Gasteiger partial charge in [0.15, 0.2) is 0 Å². The van der Waals surface area contributed by atoms with E-state index in [2.05, 4.69) is 19.1 Å². The third-order valence-electron chi connectivity index (χ3n) is 4.17. The molecule has 0 atom stereocenters. The molecule has 12 heteroatoms. The van der Waals surface area contributed by atoms with Gasteiger partial charge >= 0.3 is 6.18 Å². The van der Waals surface area contributed by atoms with E-state index in [9.17, 15) is 21.6 Å². The van der Waals surface area contributed by atoms with Crippen LogP contribution in [0.1, 0.15) is 5.56 Å². The number of pyridine rings is 1. The van der Waals surface area contributed by atoms with E-state index >= 15 is 0 Å². The highest BCUT2D eigenvalue weighted by atomic mass is 35.5. The molecule has 30 heavy (non-hydrogen) atoms. The van der Waals surface area contributed by atoms with Crippen LogP contribution >= 0.6 is 23.1 Å². The van der Waals surface area contributed by atoms with Gasteiger partial charge in [-0.25, -0.2) is 13.4 Å².